The Morgan fingerprint density at radius 1 is 1.30 bits per heavy atom. The third-order valence-corrected chi connectivity index (χ3v) is 5.40. The van der Waals surface area contributed by atoms with E-state index in [2.05, 4.69) is 38.8 Å². The minimum absolute atomic E-state index is 0.140. The molecule has 2 aromatic rings. The van der Waals surface area contributed by atoms with E-state index in [0.29, 0.717) is 19.6 Å². The van der Waals surface area contributed by atoms with Gasteiger partial charge >= 0.3 is 6.09 Å². The Balaban J connectivity index is 1.63. The smallest absolute Gasteiger partial charge is 0.410 e. The lowest BCUT2D eigenvalue weighted by atomic mass is 10.1. The summed E-state index contributed by atoms with van der Waals surface area (Å²) >= 11 is 1.70. The minimum Gasteiger partial charge on any atom is -0.444 e. The van der Waals surface area contributed by atoms with Crippen LogP contribution in [-0.4, -0.2) is 67.9 Å². The molecular weight excluding hydrogens is 364 g/mol. The van der Waals surface area contributed by atoms with E-state index >= 15 is 0 Å². The van der Waals surface area contributed by atoms with Gasteiger partial charge in [0.05, 0.1) is 12.6 Å². The van der Waals surface area contributed by atoms with E-state index in [1.165, 1.54) is 4.88 Å². The molecule has 0 saturated carbocycles. The third kappa shape index (κ3) is 5.04. The second-order valence-corrected chi connectivity index (χ2v) is 8.73. The van der Waals surface area contributed by atoms with E-state index in [9.17, 15) is 4.79 Å². The van der Waals surface area contributed by atoms with Gasteiger partial charge in [0.1, 0.15) is 5.60 Å². The van der Waals surface area contributed by atoms with Gasteiger partial charge in [-0.15, -0.1) is 16.4 Å². The molecular formula is C18H28N6O2S. The molecule has 1 amide bonds. The standard InChI is InChI=1S/C18H28N6O2S/c1-5-15(16-19-20-21-24(16)13-14-7-6-12-27-14)22-8-10-23(11-9-22)17(25)26-18(2,3)4/h6-7,12,15H,5,8-11,13H2,1-4H3. The molecule has 148 valence electrons. The molecule has 0 radical (unpaired) electrons. The molecule has 9 heteroatoms. The molecule has 0 N–H and O–H groups in total. The lowest BCUT2D eigenvalue weighted by Gasteiger charge is -2.38. The third-order valence-electron chi connectivity index (χ3n) is 4.54. The number of aromatic nitrogens is 4. The van der Waals surface area contributed by atoms with Crippen LogP contribution in [0.1, 0.15) is 50.9 Å². The summed E-state index contributed by atoms with van der Waals surface area (Å²) in [7, 11) is 0. The summed E-state index contributed by atoms with van der Waals surface area (Å²) in [5, 5.41) is 14.5. The van der Waals surface area contributed by atoms with Crippen molar-refractivity contribution in [3.8, 4) is 0 Å². The molecule has 0 spiro atoms. The van der Waals surface area contributed by atoms with E-state index in [4.69, 9.17) is 4.74 Å². The number of carbonyl (C=O) groups excluding carboxylic acids is 1. The van der Waals surface area contributed by atoms with E-state index in [1.54, 1.807) is 16.2 Å². The summed E-state index contributed by atoms with van der Waals surface area (Å²) in [4.78, 5) is 17.6. The van der Waals surface area contributed by atoms with Crippen LogP contribution in [0.25, 0.3) is 0 Å². The molecule has 1 aliphatic heterocycles. The highest BCUT2D eigenvalue weighted by molar-refractivity contribution is 7.09. The maximum atomic E-state index is 12.3. The van der Waals surface area contributed by atoms with Gasteiger partial charge in [-0.2, -0.15) is 0 Å². The number of piperazine rings is 1. The maximum absolute atomic E-state index is 12.3. The van der Waals surface area contributed by atoms with Gasteiger partial charge in [-0.25, -0.2) is 9.48 Å². The number of carbonyl (C=O) groups is 1. The van der Waals surface area contributed by atoms with Gasteiger partial charge in [0.2, 0.25) is 0 Å². The van der Waals surface area contributed by atoms with Crippen LogP contribution in [0.2, 0.25) is 0 Å². The van der Waals surface area contributed by atoms with Crippen LogP contribution >= 0.6 is 11.3 Å². The Morgan fingerprint density at radius 3 is 2.63 bits per heavy atom. The number of hydrogen-bond donors (Lipinski definition) is 0. The SMILES string of the molecule is CCC(c1nnnn1Cc1cccs1)N1CCN(C(=O)OC(C)(C)C)CC1. The first kappa shape index (κ1) is 19.8. The van der Waals surface area contributed by atoms with Crippen LogP contribution < -0.4 is 0 Å². The Kier molecular flexibility index (Phi) is 6.11. The topological polar surface area (TPSA) is 76.4 Å². The highest BCUT2D eigenvalue weighted by atomic mass is 32.1. The molecule has 1 aliphatic rings. The van der Waals surface area contributed by atoms with Crippen molar-refractivity contribution in [2.75, 3.05) is 26.2 Å². The van der Waals surface area contributed by atoms with E-state index in [-0.39, 0.29) is 12.1 Å². The summed E-state index contributed by atoms with van der Waals surface area (Å²) < 4.78 is 7.37. The fourth-order valence-corrected chi connectivity index (χ4v) is 3.95. The van der Waals surface area contributed by atoms with Crippen molar-refractivity contribution >= 4 is 17.4 Å². The predicted octanol–water partition coefficient (Wildman–Crippen LogP) is 2.79. The molecule has 3 rings (SSSR count). The highest BCUT2D eigenvalue weighted by Crippen LogP contribution is 2.25. The molecule has 1 saturated heterocycles. The van der Waals surface area contributed by atoms with Crippen molar-refractivity contribution < 1.29 is 9.53 Å². The van der Waals surface area contributed by atoms with Gasteiger partial charge in [-0.05, 0) is 49.1 Å². The summed E-state index contributed by atoms with van der Waals surface area (Å²) in [6.45, 7) is 11.4. The Morgan fingerprint density at radius 2 is 2.04 bits per heavy atom. The Hall–Kier alpha value is -2.00. The number of tetrazole rings is 1. The summed E-state index contributed by atoms with van der Waals surface area (Å²) in [5.74, 6) is 0.886. The van der Waals surface area contributed by atoms with Crippen molar-refractivity contribution in [3.05, 3.63) is 28.2 Å². The first-order valence-electron chi connectivity index (χ1n) is 9.38. The molecule has 3 heterocycles. The van der Waals surface area contributed by atoms with Crippen LogP contribution in [0.15, 0.2) is 17.5 Å². The fraction of sp³-hybridized carbons (Fsp3) is 0.667. The van der Waals surface area contributed by atoms with Crippen molar-refractivity contribution in [1.82, 2.24) is 30.0 Å². The van der Waals surface area contributed by atoms with Crippen molar-refractivity contribution in [2.24, 2.45) is 0 Å². The summed E-state index contributed by atoms with van der Waals surface area (Å²) in [6.07, 6.45) is 0.676. The zero-order valence-corrected chi connectivity index (χ0v) is 17.3. The van der Waals surface area contributed by atoms with Crippen LogP contribution in [0.3, 0.4) is 0 Å². The van der Waals surface area contributed by atoms with E-state index in [0.717, 1.165) is 25.3 Å². The van der Waals surface area contributed by atoms with Crippen LogP contribution in [0.4, 0.5) is 4.79 Å². The van der Waals surface area contributed by atoms with Gasteiger partial charge in [0, 0.05) is 31.1 Å². The monoisotopic (exact) mass is 392 g/mol. The van der Waals surface area contributed by atoms with Gasteiger partial charge in [-0.3, -0.25) is 4.90 Å². The van der Waals surface area contributed by atoms with Crippen molar-refractivity contribution in [2.45, 2.75) is 52.3 Å². The average molecular weight is 393 g/mol. The van der Waals surface area contributed by atoms with Crippen LogP contribution in [-0.2, 0) is 11.3 Å². The number of hydrogen-bond acceptors (Lipinski definition) is 7. The van der Waals surface area contributed by atoms with Crippen molar-refractivity contribution in [3.63, 3.8) is 0 Å². The van der Waals surface area contributed by atoms with Gasteiger partial charge in [-0.1, -0.05) is 13.0 Å². The molecule has 1 fully saturated rings. The summed E-state index contributed by atoms with van der Waals surface area (Å²) in [5.41, 5.74) is -0.468. The van der Waals surface area contributed by atoms with E-state index < -0.39 is 5.60 Å². The normalized spacial score (nSPS) is 17.1. The summed E-state index contributed by atoms with van der Waals surface area (Å²) in [6, 6.07) is 4.27. The average Bonchev–Trinajstić information content (AvgIpc) is 3.28. The quantitative estimate of drug-likeness (QED) is 0.779. The fourth-order valence-electron chi connectivity index (χ4n) is 3.26. The second-order valence-electron chi connectivity index (χ2n) is 7.70. The predicted molar refractivity (Wildman–Crippen MR) is 104 cm³/mol. The number of rotatable bonds is 5. The first-order valence-corrected chi connectivity index (χ1v) is 10.3. The molecule has 27 heavy (non-hydrogen) atoms. The molecule has 1 unspecified atom stereocenters. The Labute approximate surface area is 164 Å². The number of ether oxygens (including phenoxy) is 1. The van der Waals surface area contributed by atoms with E-state index in [1.807, 2.05) is 31.5 Å². The van der Waals surface area contributed by atoms with Gasteiger partial charge in [0.15, 0.2) is 5.82 Å². The molecule has 0 bridgehead atoms. The first-order chi connectivity index (χ1) is 12.9. The zero-order chi connectivity index (χ0) is 19.4. The lowest BCUT2D eigenvalue weighted by Crippen LogP contribution is -2.51. The van der Waals surface area contributed by atoms with Gasteiger partial charge in [0.25, 0.3) is 0 Å². The van der Waals surface area contributed by atoms with Crippen LogP contribution in [0, 0.1) is 0 Å². The van der Waals surface area contributed by atoms with Gasteiger partial charge < -0.3 is 9.64 Å². The largest absolute Gasteiger partial charge is 0.444 e. The molecule has 0 aromatic carbocycles. The Bertz CT molecular complexity index is 731. The number of thiophene rings is 1. The molecule has 2 aromatic heterocycles. The zero-order valence-electron chi connectivity index (χ0n) is 16.5. The lowest BCUT2D eigenvalue weighted by molar-refractivity contribution is 0.00930. The molecule has 8 nitrogen and oxygen atoms in total. The number of nitrogens with zero attached hydrogens (tertiary/aromatic N) is 6. The van der Waals surface area contributed by atoms with Crippen molar-refractivity contribution in [1.29, 1.82) is 0 Å². The van der Waals surface area contributed by atoms with Crippen LogP contribution in [0.5, 0.6) is 0 Å². The molecule has 0 aliphatic carbocycles. The second kappa shape index (κ2) is 8.35. The highest BCUT2D eigenvalue weighted by Gasteiger charge is 2.31. The maximum Gasteiger partial charge on any atom is 0.410 e. The number of amides is 1. The molecule has 1 atom stereocenters. The minimum atomic E-state index is -0.468.